The third-order valence-corrected chi connectivity index (χ3v) is 7.84. The summed E-state index contributed by atoms with van der Waals surface area (Å²) >= 11 is 1.12. The highest BCUT2D eigenvalue weighted by Crippen LogP contribution is 2.33. The molecule has 0 spiro atoms. The van der Waals surface area contributed by atoms with Gasteiger partial charge in [-0.3, -0.25) is 9.36 Å². The zero-order valence-corrected chi connectivity index (χ0v) is 24.6. The first-order valence-corrected chi connectivity index (χ1v) is 14.2. The van der Waals surface area contributed by atoms with E-state index in [0.717, 1.165) is 23.5 Å². The molecule has 228 valence electrons. The van der Waals surface area contributed by atoms with E-state index in [1.807, 2.05) is 0 Å². The zero-order chi connectivity index (χ0) is 31.6. The van der Waals surface area contributed by atoms with E-state index in [2.05, 4.69) is 4.99 Å². The van der Waals surface area contributed by atoms with Crippen molar-refractivity contribution in [2.45, 2.75) is 32.7 Å². The third kappa shape index (κ3) is 6.30. The van der Waals surface area contributed by atoms with Crippen LogP contribution in [0.5, 0.6) is 11.5 Å². The Morgan fingerprint density at radius 2 is 1.84 bits per heavy atom. The van der Waals surface area contributed by atoms with Crippen LogP contribution in [0.2, 0.25) is 0 Å². The molecular weight excluding hydrogens is 600 g/mol. The lowest BCUT2D eigenvalue weighted by Gasteiger charge is -2.24. The van der Waals surface area contributed by atoms with E-state index in [1.165, 1.54) is 48.1 Å². The van der Waals surface area contributed by atoms with E-state index < -0.39 is 35.1 Å². The zero-order valence-electron chi connectivity index (χ0n) is 23.8. The van der Waals surface area contributed by atoms with Gasteiger partial charge in [-0.05, 0) is 73.5 Å². The Kier molecular flexibility index (Phi) is 8.73. The second-order valence-electron chi connectivity index (χ2n) is 9.74. The average Bonchev–Trinajstić information content (AvgIpc) is 3.29. The summed E-state index contributed by atoms with van der Waals surface area (Å²) in [5.74, 6) is -0.611. The third-order valence-electron chi connectivity index (χ3n) is 6.86. The molecule has 5 rings (SSSR count). The van der Waals surface area contributed by atoms with Gasteiger partial charge >= 0.3 is 12.1 Å². The number of halogens is 4. The van der Waals surface area contributed by atoms with Crippen LogP contribution < -0.4 is 24.4 Å². The summed E-state index contributed by atoms with van der Waals surface area (Å²) in [6.07, 6.45) is -2.87. The maximum absolute atomic E-state index is 13.8. The summed E-state index contributed by atoms with van der Waals surface area (Å²) in [5, 5.41) is 0. The van der Waals surface area contributed by atoms with E-state index in [-0.39, 0.29) is 24.5 Å². The highest BCUT2D eigenvalue weighted by molar-refractivity contribution is 7.07. The molecule has 3 aromatic carbocycles. The molecule has 12 heteroatoms. The molecule has 1 aliphatic heterocycles. The molecule has 1 unspecified atom stereocenters. The van der Waals surface area contributed by atoms with Gasteiger partial charge in [0.2, 0.25) is 0 Å². The van der Waals surface area contributed by atoms with Crippen LogP contribution in [-0.4, -0.2) is 24.3 Å². The SMILES string of the molecule is CCOC(=O)C1=C(C)N=c2sc(=Cc3ccc(OC)c(COc4cccc(C(F)(F)F)c4)c3)c(=O)n2C1c1ccc(F)cc1. The van der Waals surface area contributed by atoms with Crippen molar-refractivity contribution in [2.75, 3.05) is 13.7 Å². The van der Waals surface area contributed by atoms with Crippen molar-refractivity contribution in [2.24, 2.45) is 4.99 Å². The minimum absolute atomic E-state index is 0.0363. The molecule has 0 N–H and O–H groups in total. The fraction of sp³-hybridized carbons (Fsp3) is 0.219. The molecule has 0 amide bonds. The van der Waals surface area contributed by atoms with Crippen LogP contribution in [0, 0.1) is 5.82 Å². The number of benzene rings is 3. The standard InChI is InChI=1S/C32H26F4N2O5S/c1-4-42-30(40)27-18(2)37-31-38(28(27)20-9-11-23(33)12-10-20)29(39)26(44-31)15-19-8-13-25(41-3)21(14-19)17-43-24-7-5-6-22(16-24)32(34,35)36/h5-16,28H,4,17H2,1-3H3. The van der Waals surface area contributed by atoms with Crippen LogP contribution in [0.25, 0.3) is 6.08 Å². The van der Waals surface area contributed by atoms with Gasteiger partial charge in [-0.2, -0.15) is 13.2 Å². The molecule has 2 heterocycles. The molecule has 0 saturated carbocycles. The van der Waals surface area contributed by atoms with Crippen molar-refractivity contribution in [1.82, 2.24) is 4.57 Å². The first kappa shape index (κ1) is 30.7. The van der Waals surface area contributed by atoms with E-state index in [1.54, 1.807) is 38.1 Å². The first-order chi connectivity index (χ1) is 21.0. The molecule has 0 bridgehead atoms. The lowest BCUT2D eigenvalue weighted by atomic mass is 9.96. The Morgan fingerprint density at radius 1 is 1.09 bits per heavy atom. The van der Waals surface area contributed by atoms with E-state index in [0.29, 0.717) is 37.5 Å². The van der Waals surface area contributed by atoms with Gasteiger partial charge in [-0.1, -0.05) is 35.6 Å². The average molecular weight is 627 g/mol. The van der Waals surface area contributed by atoms with Crippen LogP contribution in [0.1, 0.15) is 42.1 Å². The molecule has 0 aliphatic carbocycles. The van der Waals surface area contributed by atoms with Crippen LogP contribution in [0.15, 0.2) is 87.8 Å². The van der Waals surface area contributed by atoms with Crippen LogP contribution in [0.3, 0.4) is 0 Å². The van der Waals surface area contributed by atoms with E-state index >= 15 is 0 Å². The van der Waals surface area contributed by atoms with Gasteiger partial charge in [0.15, 0.2) is 4.80 Å². The van der Waals surface area contributed by atoms with Crippen molar-refractivity contribution in [3.05, 3.63) is 126 Å². The predicted molar refractivity (Wildman–Crippen MR) is 156 cm³/mol. The molecule has 0 radical (unpaired) electrons. The fourth-order valence-corrected chi connectivity index (χ4v) is 5.87. The van der Waals surface area contributed by atoms with Gasteiger partial charge < -0.3 is 14.2 Å². The number of ether oxygens (including phenoxy) is 3. The summed E-state index contributed by atoms with van der Waals surface area (Å²) in [6, 6.07) is 14.3. The Morgan fingerprint density at radius 3 is 2.52 bits per heavy atom. The predicted octanol–water partition coefficient (Wildman–Crippen LogP) is 5.54. The van der Waals surface area contributed by atoms with Gasteiger partial charge in [0, 0.05) is 5.56 Å². The smallest absolute Gasteiger partial charge is 0.416 e. The van der Waals surface area contributed by atoms with Gasteiger partial charge in [-0.15, -0.1) is 0 Å². The molecule has 7 nitrogen and oxygen atoms in total. The number of esters is 1. The molecular formula is C32H26F4N2O5S. The van der Waals surface area contributed by atoms with Crippen molar-refractivity contribution in [3.8, 4) is 11.5 Å². The Labute approximate surface area is 253 Å². The summed E-state index contributed by atoms with van der Waals surface area (Å²) in [7, 11) is 1.46. The molecule has 0 saturated heterocycles. The Hall–Kier alpha value is -4.71. The Bertz CT molecular complexity index is 1930. The molecule has 1 atom stereocenters. The molecule has 4 aromatic rings. The fourth-order valence-electron chi connectivity index (χ4n) is 4.83. The largest absolute Gasteiger partial charge is 0.496 e. The second-order valence-corrected chi connectivity index (χ2v) is 10.7. The maximum Gasteiger partial charge on any atom is 0.416 e. The number of nitrogens with zero attached hydrogens (tertiary/aromatic N) is 2. The maximum atomic E-state index is 13.8. The van der Waals surface area contributed by atoms with Crippen LogP contribution in [-0.2, 0) is 22.3 Å². The van der Waals surface area contributed by atoms with Crippen LogP contribution >= 0.6 is 11.3 Å². The van der Waals surface area contributed by atoms with Crippen molar-refractivity contribution < 1.29 is 36.6 Å². The lowest BCUT2D eigenvalue weighted by Crippen LogP contribution is -2.39. The molecule has 1 aliphatic rings. The first-order valence-electron chi connectivity index (χ1n) is 13.4. The quantitative estimate of drug-likeness (QED) is 0.190. The second kappa shape index (κ2) is 12.5. The minimum atomic E-state index is -4.51. The number of carbonyl (C=O) groups excluding carboxylic acids is 1. The topological polar surface area (TPSA) is 79.1 Å². The normalized spacial score (nSPS) is 15.1. The molecule has 44 heavy (non-hydrogen) atoms. The minimum Gasteiger partial charge on any atom is -0.496 e. The lowest BCUT2D eigenvalue weighted by molar-refractivity contribution is -0.139. The van der Waals surface area contributed by atoms with Gasteiger partial charge in [0.25, 0.3) is 5.56 Å². The van der Waals surface area contributed by atoms with Gasteiger partial charge in [0.05, 0.1) is 41.1 Å². The number of rotatable bonds is 8. The number of alkyl halides is 3. The summed E-state index contributed by atoms with van der Waals surface area (Å²) in [5.41, 5.74) is 0.950. The highest BCUT2D eigenvalue weighted by atomic mass is 32.1. The van der Waals surface area contributed by atoms with Crippen molar-refractivity contribution in [1.29, 1.82) is 0 Å². The number of allylic oxidation sites excluding steroid dienone is 1. The van der Waals surface area contributed by atoms with E-state index in [9.17, 15) is 27.2 Å². The summed E-state index contributed by atoms with van der Waals surface area (Å²) in [6.45, 7) is 3.34. The highest BCUT2D eigenvalue weighted by Gasteiger charge is 2.33. The monoisotopic (exact) mass is 626 g/mol. The van der Waals surface area contributed by atoms with Crippen molar-refractivity contribution >= 4 is 23.4 Å². The number of hydrogen-bond donors (Lipinski definition) is 0. The number of thiazole rings is 1. The van der Waals surface area contributed by atoms with E-state index in [4.69, 9.17) is 14.2 Å². The van der Waals surface area contributed by atoms with Gasteiger partial charge in [0.1, 0.15) is 23.9 Å². The summed E-state index contributed by atoms with van der Waals surface area (Å²) in [4.78, 5) is 31.7. The number of fused-ring (bicyclic) bond motifs is 1. The molecule has 0 fully saturated rings. The molecule has 1 aromatic heterocycles. The van der Waals surface area contributed by atoms with Gasteiger partial charge in [-0.25, -0.2) is 14.2 Å². The van der Waals surface area contributed by atoms with Crippen LogP contribution in [0.4, 0.5) is 17.6 Å². The Balaban J connectivity index is 1.54. The summed E-state index contributed by atoms with van der Waals surface area (Å²) < 4.78 is 71.2. The number of carbonyl (C=O) groups is 1. The number of aromatic nitrogens is 1. The van der Waals surface area contributed by atoms with Crippen molar-refractivity contribution in [3.63, 3.8) is 0 Å². The number of methoxy groups -OCH3 is 1. The number of hydrogen-bond acceptors (Lipinski definition) is 7.